The molecule has 0 spiro atoms. The summed E-state index contributed by atoms with van der Waals surface area (Å²) in [5.41, 5.74) is 1.16. The first kappa shape index (κ1) is 28.2. The van der Waals surface area contributed by atoms with Crippen LogP contribution in [0.4, 0.5) is 5.69 Å². The Morgan fingerprint density at radius 1 is 0.974 bits per heavy atom. The molecular formula is C27H30N2O9. The van der Waals surface area contributed by atoms with Crippen molar-refractivity contribution in [2.75, 3.05) is 34.5 Å². The number of methoxy groups -OCH3 is 3. The summed E-state index contributed by atoms with van der Waals surface area (Å²) in [6, 6.07) is 12.7. The molecule has 0 aliphatic carbocycles. The number of benzene rings is 2. The van der Waals surface area contributed by atoms with Gasteiger partial charge in [-0.05, 0) is 31.5 Å². The molecule has 1 unspecified atom stereocenters. The predicted octanol–water partition coefficient (Wildman–Crippen LogP) is 3.34. The molecule has 1 atom stereocenters. The van der Waals surface area contributed by atoms with Crippen LogP contribution in [-0.2, 0) is 19.1 Å². The monoisotopic (exact) mass is 526 g/mol. The van der Waals surface area contributed by atoms with Crippen LogP contribution in [-0.4, -0.2) is 67.5 Å². The number of hydrogen-bond donors (Lipinski definition) is 1. The van der Waals surface area contributed by atoms with Crippen molar-refractivity contribution in [2.45, 2.75) is 25.9 Å². The molecule has 0 radical (unpaired) electrons. The molecule has 0 fully saturated rings. The van der Waals surface area contributed by atoms with Crippen LogP contribution in [0.3, 0.4) is 0 Å². The zero-order chi connectivity index (χ0) is 28.0. The van der Waals surface area contributed by atoms with Crippen molar-refractivity contribution in [1.82, 2.24) is 4.90 Å². The van der Waals surface area contributed by atoms with Crippen LogP contribution in [0.5, 0.6) is 11.5 Å². The van der Waals surface area contributed by atoms with Gasteiger partial charge < -0.3 is 29.0 Å². The maximum absolute atomic E-state index is 13.0. The number of nitro benzene ring substituents is 1. The average Bonchev–Trinajstić information content (AvgIpc) is 2.93. The molecule has 1 aliphatic rings. The van der Waals surface area contributed by atoms with E-state index in [-0.39, 0.29) is 30.0 Å². The van der Waals surface area contributed by atoms with Gasteiger partial charge >= 0.3 is 11.9 Å². The van der Waals surface area contributed by atoms with Gasteiger partial charge in [0.15, 0.2) is 11.5 Å². The van der Waals surface area contributed by atoms with Crippen LogP contribution in [0.25, 0.3) is 0 Å². The third-order valence-corrected chi connectivity index (χ3v) is 6.29. The number of carbonyl (C=O) groups excluding carboxylic acids is 2. The van der Waals surface area contributed by atoms with Crippen LogP contribution in [0.1, 0.15) is 25.3 Å². The summed E-state index contributed by atoms with van der Waals surface area (Å²) in [6.45, 7) is 3.17. The van der Waals surface area contributed by atoms with Crippen molar-refractivity contribution in [3.05, 3.63) is 86.7 Å². The van der Waals surface area contributed by atoms with Crippen LogP contribution in [0.15, 0.2) is 71.1 Å². The third kappa shape index (κ3) is 5.78. The lowest BCUT2D eigenvalue weighted by Crippen LogP contribution is -2.40. The summed E-state index contributed by atoms with van der Waals surface area (Å²) in [5, 5.41) is 22.3. The van der Waals surface area contributed by atoms with Gasteiger partial charge in [-0.15, -0.1) is 0 Å². The fraction of sp³-hybridized carbons (Fsp3) is 0.333. The first-order chi connectivity index (χ1) is 18.1. The summed E-state index contributed by atoms with van der Waals surface area (Å²) < 4.78 is 21.1. The summed E-state index contributed by atoms with van der Waals surface area (Å²) in [5.74, 6) is -1.49. The number of allylic oxidation sites excluding steroid dienone is 2. The van der Waals surface area contributed by atoms with E-state index < -0.39 is 28.9 Å². The number of nitro groups is 1. The topological polar surface area (TPSA) is 138 Å². The number of ether oxygens (including phenoxy) is 4. The minimum atomic E-state index is -1.04. The lowest BCUT2D eigenvalue weighted by molar-refractivity contribution is -0.384. The number of rotatable bonds is 10. The number of aliphatic hydroxyl groups is 1. The van der Waals surface area contributed by atoms with E-state index in [2.05, 4.69) is 0 Å². The second kappa shape index (κ2) is 12.2. The molecule has 0 saturated heterocycles. The number of aliphatic hydroxyl groups excluding tert-OH is 1. The van der Waals surface area contributed by atoms with Crippen molar-refractivity contribution in [2.24, 2.45) is 0 Å². The van der Waals surface area contributed by atoms with E-state index in [4.69, 9.17) is 18.9 Å². The van der Waals surface area contributed by atoms with Crippen LogP contribution >= 0.6 is 0 Å². The highest BCUT2D eigenvalue weighted by Crippen LogP contribution is 2.43. The highest BCUT2D eigenvalue weighted by molar-refractivity contribution is 5.99. The van der Waals surface area contributed by atoms with E-state index in [0.29, 0.717) is 28.5 Å². The van der Waals surface area contributed by atoms with Gasteiger partial charge in [-0.3, -0.25) is 10.1 Å². The van der Waals surface area contributed by atoms with E-state index >= 15 is 0 Å². The van der Waals surface area contributed by atoms with Crippen molar-refractivity contribution in [1.29, 1.82) is 0 Å². The Labute approximate surface area is 220 Å². The Balaban J connectivity index is 2.04. The Morgan fingerprint density at radius 2 is 1.55 bits per heavy atom. The second-order valence-electron chi connectivity index (χ2n) is 8.49. The van der Waals surface area contributed by atoms with Crippen molar-refractivity contribution >= 4 is 17.6 Å². The number of carbonyl (C=O) groups is 2. The molecule has 38 heavy (non-hydrogen) atoms. The maximum Gasteiger partial charge on any atom is 0.336 e. The van der Waals surface area contributed by atoms with Gasteiger partial charge in [-0.25, -0.2) is 9.59 Å². The molecule has 11 nitrogen and oxygen atoms in total. The van der Waals surface area contributed by atoms with Gasteiger partial charge in [0.2, 0.25) is 0 Å². The smallest absolute Gasteiger partial charge is 0.336 e. The van der Waals surface area contributed by atoms with Crippen LogP contribution < -0.4 is 9.47 Å². The maximum atomic E-state index is 13.0. The van der Waals surface area contributed by atoms with Gasteiger partial charge in [0.25, 0.3) is 5.69 Å². The number of β-amino-alcohol motifs (C(OH)–C–C–N with tert-alkyl or cyclic N) is 1. The summed E-state index contributed by atoms with van der Waals surface area (Å²) in [4.78, 5) is 38.6. The largest absolute Gasteiger partial charge is 0.493 e. The highest BCUT2D eigenvalue weighted by atomic mass is 16.6. The molecule has 0 aromatic heterocycles. The Morgan fingerprint density at radius 3 is 2.08 bits per heavy atom. The zero-order valence-electron chi connectivity index (χ0n) is 21.8. The number of para-hydroxylation sites is 2. The minimum Gasteiger partial charge on any atom is -0.493 e. The Kier molecular flexibility index (Phi) is 9.08. The normalized spacial score (nSPS) is 14.7. The van der Waals surface area contributed by atoms with Crippen molar-refractivity contribution < 1.29 is 38.6 Å². The SMILES string of the molecule is COC(=O)C1=C(C)N(CC(O)COc2ccccc2OC)C(C)=C(C(=O)OC)C1c1cccc([N+](=O)[O-])c1. The Bertz CT molecular complexity index is 1240. The molecule has 1 aliphatic heterocycles. The number of nitrogens with zero attached hydrogens (tertiary/aromatic N) is 2. The number of esters is 2. The third-order valence-electron chi connectivity index (χ3n) is 6.29. The quantitative estimate of drug-likeness (QED) is 0.279. The second-order valence-corrected chi connectivity index (χ2v) is 8.49. The van der Waals surface area contributed by atoms with Gasteiger partial charge in [0.05, 0.1) is 49.9 Å². The highest BCUT2D eigenvalue weighted by Gasteiger charge is 2.41. The molecule has 0 saturated carbocycles. The van der Waals surface area contributed by atoms with Gasteiger partial charge in [-0.1, -0.05) is 24.3 Å². The molecule has 2 aromatic rings. The van der Waals surface area contributed by atoms with Crippen molar-refractivity contribution in [3.63, 3.8) is 0 Å². The van der Waals surface area contributed by atoms with Gasteiger partial charge in [-0.2, -0.15) is 0 Å². The summed E-state index contributed by atoms with van der Waals surface area (Å²) >= 11 is 0. The summed E-state index contributed by atoms with van der Waals surface area (Å²) in [7, 11) is 3.92. The number of hydrogen-bond acceptors (Lipinski definition) is 10. The zero-order valence-corrected chi connectivity index (χ0v) is 21.8. The summed E-state index contributed by atoms with van der Waals surface area (Å²) in [6.07, 6.45) is -1.04. The van der Waals surface area contributed by atoms with Crippen molar-refractivity contribution in [3.8, 4) is 11.5 Å². The average molecular weight is 527 g/mol. The van der Waals surface area contributed by atoms with Gasteiger partial charge in [0.1, 0.15) is 12.7 Å². The lowest BCUT2D eigenvalue weighted by Gasteiger charge is -2.38. The molecule has 0 bridgehead atoms. The molecule has 1 heterocycles. The predicted molar refractivity (Wildman–Crippen MR) is 136 cm³/mol. The first-order valence-electron chi connectivity index (χ1n) is 11.7. The fourth-order valence-electron chi connectivity index (χ4n) is 4.47. The molecule has 11 heteroatoms. The Hall–Kier alpha value is -4.38. The fourth-order valence-corrected chi connectivity index (χ4v) is 4.47. The standard InChI is InChI=1S/C27H30N2O9/c1-16-23(26(31)36-4)25(18-9-8-10-19(13-18)29(33)34)24(27(32)37-5)17(2)28(16)14-20(30)15-38-22-12-7-6-11-21(22)35-3/h6-13,20,25,30H,14-15H2,1-5H3. The van der Waals surface area contributed by atoms with Crippen LogP contribution in [0.2, 0.25) is 0 Å². The van der Waals surface area contributed by atoms with E-state index in [1.165, 1.54) is 39.5 Å². The molecule has 1 N–H and O–H groups in total. The minimum absolute atomic E-state index is 0.0323. The molecule has 202 valence electrons. The number of non-ortho nitro benzene ring substituents is 1. The van der Waals surface area contributed by atoms with Crippen LogP contribution in [0, 0.1) is 10.1 Å². The molecule has 0 amide bonds. The van der Waals surface area contributed by atoms with E-state index in [1.807, 2.05) is 0 Å². The molecule has 3 rings (SSSR count). The lowest BCUT2D eigenvalue weighted by atomic mass is 9.79. The first-order valence-corrected chi connectivity index (χ1v) is 11.7. The van der Waals surface area contributed by atoms with E-state index in [1.54, 1.807) is 49.1 Å². The van der Waals surface area contributed by atoms with E-state index in [9.17, 15) is 24.8 Å². The van der Waals surface area contributed by atoms with Gasteiger partial charge in [0, 0.05) is 23.5 Å². The molecular weight excluding hydrogens is 496 g/mol. The van der Waals surface area contributed by atoms with E-state index in [0.717, 1.165) is 0 Å². The molecule has 2 aromatic carbocycles.